The molecule has 8 nitrogen and oxygen atoms in total. The van der Waals surface area contributed by atoms with Crippen molar-refractivity contribution in [3.63, 3.8) is 0 Å². The van der Waals surface area contributed by atoms with Crippen molar-refractivity contribution in [2.75, 3.05) is 0 Å². The van der Waals surface area contributed by atoms with E-state index in [-0.39, 0.29) is 12.0 Å². The van der Waals surface area contributed by atoms with Crippen LogP contribution >= 0.6 is 11.6 Å². The van der Waals surface area contributed by atoms with Crippen LogP contribution in [0.4, 0.5) is 0 Å². The van der Waals surface area contributed by atoms with Crippen LogP contribution in [-0.2, 0) is 17.8 Å². The Bertz CT molecular complexity index is 1450. The molecule has 2 heterocycles. The average Bonchev–Trinajstić information content (AvgIpc) is 3.42. The second kappa shape index (κ2) is 8.43. The monoisotopic (exact) mass is 472 g/mol. The van der Waals surface area contributed by atoms with E-state index in [1.54, 1.807) is 18.2 Å². The summed E-state index contributed by atoms with van der Waals surface area (Å²) in [7, 11) is 0. The van der Waals surface area contributed by atoms with Crippen LogP contribution in [0.15, 0.2) is 48.8 Å². The minimum atomic E-state index is -0.428. The van der Waals surface area contributed by atoms with Crippen LogP contribution in [0, 0.1) is 11.3 Å². The number of hydrogen-bond acceptors (Lipinski definition) is 6. The van der Waals surface area contributed by atoms with E-state index >= 15 is 0 Å². The maximum atomic E-state index is 11.3. The van der Waals surface area contributed by atoms with Gasteiger partial charge in [-0.3, -0.25) is 4.79 Å². The van der Waals surface area contributed by atoms with Gasteiger partial charge in [0, 0.05) is 5.56 Å². The lowest BCUT2D eigenvalue weighted by atomic mass is 10.1. The molecule has 0 unspecified atom stereocenters. The molecule has 34 heavy (non-hydrogen) atoms. The smallest absolute Gasteiger partial charge is 0.245 e. The van der Waals surface area contributed by atoms with Gasteiger partial charge in [0.05, 0.1) is 29.6 Å². The highest BCUT2D eigenvalue weighted by molar-refractivity contribution is 6.33. The number of ether oxygens (including phenoxy) is 1. The van der Waals surface area contributed by atoms with E-state index in [0.717, 1.165) is 24.0 Å². The maximum Gasteiger partial charge on any atom is 0.245 e. The van der Waals surface area contributed by atoms with Crippen LogP contribution in [-0.4, -0.2) is 31.0 Å². The molecule has 1 saturated carbocycles. The maximum absolute atomic E-state index is 11.3. The lowest BCUT2D eigenvalue weighted by molar-refractivity contribution is -0.117. The van der Waals surface area contributed by atoms with Crippen molar-refractivity contribution in [1.29, 1.82) is 5.26 Å². The van der Waals surface area contributed by atoms with Gasteiger partial charge in [-0.15, -0.1) is 0 Å². The lowest BCUT2D eigenvalue weighted by Gasteiger charge is -2.12. The first-order valence-electron chi connectivity index (χ1n) is 10.8. The first-order valence-corrected chi connectivity index (χ1v) is 11.2. The second-order valence-corrected chi connectivity index (χ2v) is 9.10. The number of halogens is 1. The Morgan fingerprint density at radius 1 is 1.21 bits per heavy atom. The third kappa shape index (κ3) is 4.30. The lowest BCUT2D eigenvalue weighted by Crippen LogP contribution is -2.13. The first-order chi connectivity index (χ1) is 16.3. The van der Waals surface area contributed by atoms with Gasteiger partial charge < -0.3 is 15.0 Å². The van der Waals surface area contributed by atoms with Gasteiger partial charge in [0.2, 0.25) is 11.8 Å². The number of rotatable bonds is 7. The zero-order valence-electron chi connectivity index (χ0n) is 18.5. The van der Waals surface area contributed by atoms with E-state index in [4.69, 9.17) is 32.3 Å². The van der Waals surface area contributed by atoms with Crippen molar-refractivity contribution < 1.29 is 9.53 Å². The van der Waals surface area contributed by atoms with E-state index in [0.29, 0.717) is 45.6 Å². The SMILES string of the molecule is CC1(Oc2ncnc3c2nc(-c2ccc(CC(N)=O)cc2Cl)n3Cc2ccc(C#N)cc2)CC1. The topological polar surface area (TPSA) is 120 Å². The molecule has 9 heteroatoms. The Kier molecular flexibility index (Phi) is 5.42. The van der Waals surface area contributed by atoms with Crippen LogP contribution in [0.2, 0.25) is 5.02 Å². The van der Waals surface area contributed by atoms with Crippen molar-refractivity contribution >= 4 is 28.7 Å². The van der Waals surface area contributed by atoms with Crippen molar-refractivity contribution in [1.82, 2.24) is 19.5 Å². The molecule has 2 N–H and O–H groups in total. The van der Waals surface area contributed by atoms with Crippen molar-refractivity contribution in [2.24, 2.45) is 5.73 Å². The molecule has 0 aliphatic heterocycles. The minimum absolute atomic E-state index is 0.101. The highest BCUT2D eigenvalue weighted by atomic mass is 35.5. The molecule has 1 amide bonds. The van der Waals surface area contributed by atoms with Crippen LogP contribution in [0.1, 0.15) is 36.5 Å². The van der Waals surface area contributed by atoms with Crippen LogP contribution in [0.25, 0.3) is 22.6 Å². The Morgan fingerprint density at radius 3 is 2.59 bits per heavy atom. The molecule has 0 saturated heterocycles. The highest BCUT2D eigenvalue weighted by Crippen LogP contribution is 2.41. The number of carbonyl (C=O) groups excluding carboxylic acids is 1. The first kappa shape index (κ1) is 21.9. The van der Waals surface area contributed by atoms with Gasteiger partial charge in [-0.2, -0.15) is 10.2 Å². The van der Waals surface area contributed by atoms with E-state index in [2.05, 4.69) is 16.0 Å². The molecule has 4 aromatic rings. The summed E-state index contributed by atoms with van der Waals surface area (Å²) in [6, 6.07) is 14.8. The van der Waals surface area contributed by atoms with E-state index in [1.807, 2.05) is 35.8 Å². The van der Waals surface area contributed by atoms with Crippen LogP contribution < -0.4 is 10.5 Å². The van der Waals surface area contributed by atoms with Gasteiger partial charge in [0.1, 0.15) is 17.8 Å². The standard InChI is InChI=1S/C25H21ClN6O2/c1-25(8-9-25)34-24-21-23(29-14-30-24)32(13-16-4-2-15(12-27)3-5-16)22(31-21)18-7-6-17(10-19(18)26)11-20(28)33/h2-7,10,14H,8-9,11,13H2,1H3,(H2,28,33). The quantitative estimate of drug-likeness (QED) is 0.433. The van der Waals surface area contributed by atoms with E-state index in [1.165, 1.54) is 6.33 Å². The Balaban J connectivity index is 1.64. The Hall–Kier alpha value is -3.96. The third-order valence-electron chi connectivity index (χ3n) is 5.87. The molecule has 1 fully saturated rings. The number of imidazole rings is 1. The summed E-state index contributed by atoms with van der Waals surface area (Å²) in [6.07, 6.45) is 3.50. The number of nitrogens with zero attached hydrogens (tertiary/aromatic N) is 5. The molecular formula is C25H21ClN6O2. The molecule has 2 aromatic heterocycles. The number of aromatic nitrogens is 4. The predicted octanol–water partition coefficient (Wildman–Crippen LogP) is 4.03. The van der Waals surface area contributed by atoms with E-state index < -0.39 is 5.91 Å². The summed E-state index contributed by atoms with van der Waals surface area (Å²) >= 11 is 6.64. The van der Waals surface area contributed by atoms with Crippen molar-refractivity contribution in [3.8, 4) is 23.3 Å². The Labute approximate surface area is 201 Å². The fourth-order valence-electron chi connectivity index (χ4n) is 3.78. The van der Waals surface area contributed by atoms with Crippen molar-refractivity contribution in [2.45, 2.75) is 38.3 Å². The summed E-state index contributed by atoms with van der Waals surface area (Å²) in [5.41, 5.74) is 9.23. The summed E-state index contributed by atoms with van der Waals surface area (Å²) in [4.78, 5) is 25.0. The summed E-state index contributed by atoms with van der Waals surface area (Å²) in [6.45, 7) is 2.49. The zero-order valence-corrected chi connectivity index (χ0v) is 19.2. The van der Waals surface area contributed by atoms with Crippen LogP contribution in [0.5, 0.6) is 5.88 Å². The number of primary amides is 1. The van der Waals surface area contributed by atoms with Gasteiger partial charge in [-0.05, 0) is 55.2 Å². The molecule has 0 atom stereocenters. The minimum Gasteiger partial charge on any atom is -0.470 e. The third-order valence-corrected chi connectivity index (χ3v) is 6.18. The molecule has 170 valence electrons. The van der Waals surface area contributed by atoms with Gasteiger partial charge in [-0.1, -0.05) is 29.8 Å². The fourth-order valence-corrected chi connectivity index (χ4v) is 4.06. The molecule has 0 radical (unpaired) electrons. The molecule has 0 bridgehead atoms. The molecule has 5 rings (SSSR count). The average molecular weight is 473 g/mol. The Morgan fingerprint density at radius 2 is 1.94 bits per heavy atom. The number of benzene rings is 2. The molecule has 1 aliphatic rings. The van der Waals surface area contributed by atoms with Gasteiger partial charge in [0.25, 0.3) is 0 Å². The van der Waals surface area contributed by atoms with Gasteiger partial charge in [0.15, 0.2) is 11.2 Å². The molecule has 1 aliphatic carbocycles. The van der Waals surface area contributed by atoms with E-state index in [9.17, 15) is 4.79 Å². The number of carbonyl (C=O) groups is 1. The number of nitriles is 1. The fraction of sp³-hybridized carbons (Fsp3) is 0.240. The second-order valence-electron chi connectivity index (χ2n) is 8.69. The van der Waals surface area contributed by atoms with Crippen LogP contribution in [0.3, 0.4) is 0 Å². The highest BCUT2D eigenvalue weighted by Gasteiger charge is 2.41. The molecule has 0 spiro atoms. The number of amides is 1. The summed E-state index contributed by atoms with van der Waals surface area (Å²) in [5.74, 6) is 0.607. The summed E-state index contributed by atoms with van der Waals surface area (Å²) < 4.78 is 8.11. The van der Waals surface area contributed by atoms with Gasteiger partial charge in [-0.25, -0.2) is 9.97 Å². The summed E-state index contributed by atoms with van der Waals surface area (Å²) in [5, 5.41) is 9.56. The number of hydrogen-bond donors (Lipinski definition) is 1. The number of fused-ring (bicyclic) bond motifs is 1. The normalized spacial score (nSPS) is 14.0. The molecular weight excluding hydrogens is 452 g/mol. The number of nitrogens with two attached hydrogens (primary N) is 1. The van der Waals surface area contributed by atoms with Gasteiger partial charge >= 0.3 is 0 Å². The largest absolute Gasteiger partial charge is 0.470 e. The predicted molar refractivity (Wildman–Crippen MR) is 127 cm³/mol. The van der Waals surface area contributed by atoms with Crippen molar-refractivity contribution in [3.05, 3.63) is 70.5 Å². The zero-order chi connectivity index (χ0) is 23.9. The molecule has 2 aromatic carbocycles.